The SMILES string of the molecule is CCNCC1CCCCN1c1ccc(C(=O)NCC)nn1. The van der Waals surface area contributed by atoms with Crippen molar-refractivity contribution in [2.45, 2.75) is 39.2 Å². The van der Waals surface area contributed by atoms with Gasteiger partial charge in [-0.1, -0.05) is 6.92 Å². The van der Waals surface area contributed by atoms with Crippen molar-refractivity contribution >= 4 is 11.7 Å². The van der Waals surface area contributed by atoms with Gasteiger partial charge in [-0.2, -0.15) is 0 Å². The molecular weight excluding hydrogens is 266 g/mol. The lowest BCUT2D eigenvalue weighted by atomic mass is 10.0. The molecule has 6 heteroatoms. The zero-order valence-corrected chi connectivity index (χ0v) is 12.9. The molecule has 116 valence electrons. The second-order valence-electron chi connectivity index (χ2n) is 5.29. The Morgan fingerprint density at radius 3 is 2.81 bits per heavy atom. The molecule has 0 aliphatic carbocycles. The van der Waals surface area contributed by atoms with E-state index in [9.17, 15) is 4.79 Å². The topological polar surface area (TPSA) is 70.2 Å². The van der Waals surface area contributed by atoms with Crippen molar-refractivity contribution < 1.29 is 4.79 Å². The van der Waals surface area contributed by atoms with Crippen molar-refractivity contribution in [3.05, 3.63) is 17.8 Å². The fourth-order valence-electron chi connectivity index (χ4n) is 2.68. The van der Waals surface area contributed by atoms with Gasteiger partial charge in [-0.15, -0.1) is 10.2 Å². The minimum absolute atomic E-state index is 0.167. The van der Waals surface area contributed by atoms with Crippen LogP contribution in [0.15, 0.2) is 12.1 Å². The average molecular weight is 291 g/mol. The van der Waals surface area contributed by atoms with Gasteiger partial charge in [-0.05, 0) is 44.9 Å². The Labute approximate surface area is 126 Å². The summed E-state index contributed by atoms with van der Waals surface area (Å²) in [6, 6.07) is 4.12. The van der Waals surface area contributed by atoms with E-state index in [0.29, 0.717) is 18.3 Å². The van der Waals surface area contributed by atoms with E-state index in [4.69, 9.17) is 0 Å². The molecule has 0 bridgehead atoms. The van der Waals surface area contributed by atoms with E-state index in [2.05, 4.69) is 32.7 Å². The fraction of sp³-hybridized carbons (Fsp3) is 0.667. The van der Waals surface area contributed by atoms with Gasteiger partial charge < -0.3 is 15.5 Å². The van der Waals surface area contributed by atoms with Crippen LogP contribution in [0.3, 0.4) is 0 Å². The molecule has 1 atom stereocenters. The Kier molecular flexibility index (Phi) is 5.92. The summed E-state index contributed by atoms with van der Waals surface area (Å²) in [5, 5.41) is 14.5. The Hall–Kier alpha value is -1.69. The van der Waals surface area contributed by atoms with Gasteiger partial charge in [0.1, 0.15) is 0 Å². The van der Waals surface area contributed by atoms with Gasteiger partial charge in [-0.25, -0.2) is 0 Å². The second kappa shape index (κ2) is 7.93. The maximum atomic E-state index is 11.7. The number of aromatic nitrogens is 2. The standard InChI is InChI=1S/C15H25N5O/c1-3-16-11-12-7-5-6-10-20(12)14-9-8-13(18-19-14)15(21)17-4-2/h8-9,12,16H,3-7,10-11H2,1-2H3,(H,17,21). The molecule has 0 saturated carbocycles. The van der Waals surface area contributed by atoms with Crippen LogP contribution in [0.25, 0.3) is 0 Å². The van der Waals surface area contributed by atoms with Gasteiger partial charge in [0.15, 0.2) is 11.5 Å². The molecule has 1 aromatic rings. The Morgan fingerprint density at radius 1 is 1.29 bits per heavy atom. The normalized spacial score (nSPS) is 18.6. The van der Waals surface area contributed by atoms with E-state index in [1.165, 1.54) is 19.3 Å². The molecule has 2 N–H and O–H groups in total. The molecule has 1 amide bonds. The predicted octanol–water partition coefficient (Wildman–Crippen LogP) is 1.19. The summed E-state index contributed by atoms with van der Waals surface area (Å²) in [4.78, 5) is 14.0. The molecule has 0 radical (unpaired) electrons. The van der Waals surface area contributed by atoms with Crippen LogP contribution in [-0.4, -0.2) is 48.3 Å². The molecule has 1 saturated heterocycles. The first-order valence-corrected chi connectivity index (χ1v) is 7.85. The van der Waals surface area contributed by atoms with Crippen LogP contribution in [0.2, 0.25) is 0 Å². The quantitative estimate of drug-likeness (QED) is 0.824. The van der Waals surface area contributed by atoms with Crippen LogP contribution < -0.4 is 15.5 Å². The number of hydrogen-bond donors (Lipinski definition) is 2. The van der Waals surface area contributed by atoms with Crippen LogP contribution in [0, 0.1) is 0 Å². The van der Waals surface area contributed by atoms with Crippen molar-refractivity contribution in [3.8, 4) is 0 Å². The van der Waals surface area contributed by atoms with Gasteiger partial charge >= 0.3 is 0 Å². The molecule has 21 heavy (non-hydrogen) atoms. The molecule has 1 aliphatic rings. The maximum absolute atomic E-state index is 11.7. The highest BCUT2D eigenvalue weighted by Gasteiger charge is 2.23. The third kappa shape index (κ3) is 4.14. The molecule has 1 aromatic heterocycles. The first kappa shape index (κ1) is 15.7. The number of hydrogen-bond acceptors (Lipinski definition) is 5. The third-order valence-electron chi connectivity index (χ3n) is 3.77. The summed E-state index contributed by atoms with van der Waals surface area (Å²) in [6.45, 7) is 7.56. The fourth-order valence-corrected chi connectivity index (χ4v) is 2.68. The van der Waals surface area contributed by atoms with Gasteiger partial charge in [0.05, 0.1) is 0 Å². The van der Waals surface area contributed by atoms with E-state index in [1.54, 1.807) is 6.07 Å². The number of piperidine rings is 1. The van der Waals surface area contributed by atoms with Crippen LogP contribution in [0.4, 0.5) is 5.82 Å². The van der Waals surface area contributed by atoms with Crippen molar-refractivity contribution in [1.82, 2.24) is 20.8 Å². The monoisotopic (exact) mass is 291 g/mol. The van der Waals surface area contributed by atoms with E-state index < -0.39 is 0 Å². The zero-order chi connectivity index (χ0) is 15.1. The van der Waals surface area contributed by atoms with Gasteiger partial charge in [-0.3, -0.25) is 4.79 Å². The molecule has 0 aromatic carbocycles. The lowest BCUT2D eigenvalue weighted by Gasteiger charge is -2.36. The van der Waals surface area contributed by atoms with Crippen molar-refractivity contribution in [3.63, 3.8) is 0 Å². The number of nitrogens with zero attached hydrogens (tertiary/aromatic N) is 3. The number of carbonyl (C=O) groups excluding carboxylic acids is 1. The highest BCUT2D eigenvalue weighted by Crippen LogP contribution is 2.22. The number of anilines is 1. The summed E-state index contributed by atoms with van der Waals surface area (Å²) in [6.07, 6.45) is 3.62. The van der Waals surface area contributed by atoms with E-state index in [-0.39, 0.29) is 5.91 Å². The van der Waals surface area contributed by atoms with E-state index in [0.717, 1.165) is 25.5 Å². The second-order valence-corrected chi connectivity index (χ2v) is 5.29. The summed E-state index contributed by atoms with van der Waals surface area (Å²) >= 11 is 0. The molecule has 6 nitrogen and oxygen atoms in total. The molecule has 1 fully saturated rings. The minimum atomic E-state index is -0.167. The average Bonchev–Trinajstić information content (AvgIpc) is 2.53. The zero-order valence-electron chi connectivity index (χ0n) is 12.9. The maximum Gasteiger partial charge on any atom is 0.271 e. The number of rotatable bonds is 6. The minimum Gasteiger partial charge on any atom is -0.351 e. The Balaban J connectivity index is 2.06. The van der Waals surface area contributed by atoms with Crippen molar-refractivity contribution in [2.24, 2.45) is 0 Å². The lowest BCUT2D eigenvalue weighted by molar-refractivity contribution is 0.0950. The summed E-state index contributed by atoms with van der Waals surface area (Å²) in [7, 11) is 0. The van der Waals surface area contributed by atoms with Gasteiger partial charge in [0.25, 0.3) is 5.91 Å². The van der Waals surface area contributed by atoms with Crippen LogP contribution in [0.5, 0.6) is 0 Å². The largest absolute Gasteiger partial charge is 0.351 e. The number of likely N-dealkylation sites (N-methyl/N-ethyl adjacent to an activating group) is 1. The highest BCUT2D eigenvalue weighted by atomic mass is 16.1. The molecule has 1 aliphatic heterocycles. The molecule has 2 rings (SSSR count). The highest BCUT2D eigenvalue weighted by molar-refractivity contribution is 5.92. The number of nitrogens with one attached hydrogen (secondary N) is 2. The van der Waals surface area contributed by atoms with Crippen molar-refractivity contribution in [2.75, 3.05) is 31.1 Å². The molecule has 0 spiro atoms. The molecule has 2 heterocycles. The van der Waals surface area contributed by atoms with Crippen LogP contribution >= 0.6 is 0 Å². The first-order chi connectivity index (χ1) is 10.3. The third-order valence-corrected chi connectivity index (χ3v) is 3.77. The van der Waals surface area contributed by atoms with E-state index >= 15 is 0 Å². The first-order valence-electron chi connectivity index (χ1n) is 7.85. The lowest BCUT2D eigenvalue weighted by Crippen LogP contribution is -2.46. The smallest absolute Gasteiger partial charge is 0.271 e. The Morgan fingerprint density at radius 2 is 2.14 bits per heavy atom. The predicted molar refractivity (Wildman–Crippen MR) is 83.6 cm³/mol. The van der Waals surface area contributed by atoms with Crippen LogP contribution in [0.1, 0.15) is 43.6 Å². The summed E-state index contributed by atoms with van der Waals surface area (Å²) in [5.41, 5.74) is 0.376. The molecule has 1 unspecified atom stereocenters. The Bertz CT molecular complexity index is 448. The number of amides is 1. The summed E-state index contributed by atoms with van der Waals surface area (Å²) < 4.78 is 0. The van der Waals surface area contributed by atoms with Gasteiger partial charge in [0, 0.05) is 25.7 Å². The number of carbonyl (C=O) groups is 1. The van der Waals surface area contributed by atoms with E-state index in [1.807, 2.05) is 13.0 Å². The van der Waals surface area contributed by atoms with Gasteiger partial charge in [0.2, 0.25) is 0 Å². The molecular formula is C15H25N5O. The van der Waals surface area contributed by atoms with Crippen LogP contribution in [-0.2, 0) is 0 Å². The van der Waals surface area contributed by atoms with Crippen molar-refractivity contribution in [1.29, 1.82) is 0 Å². The summed E-state index contributed by atoms with van der Waals surface area (Å²) in [5.74, 6) is 0.699.